The van der Waals surface area contributed by atoms with Crippen LogP contribution in [0, 0.1) is 0 Å². The summed E-state index contributed by atoms with van der Waals surface area (Å²) in [6.45, 7) is 5.34. The number of ether oxygens (including phenoxy) is 4. The van der Waals surface area contributed by atoms with Gasteiger partial charge in [-0.05, 0) is 20.8 Å². The summed E-state index contributed by atoms with van der Waals surface area (Å²) in [5.41, 5.74) is -1.71. The molecule has 0 fully saturated rings. The Morgan fingerprint density at radius 1 is 0.800 bits per heavy atom. The Morgan fingerprint density at radius 3 is 1.50 bits per heavy atom. The molecule has 116 valence electrons. The molecule has 0 aromatic rings. The minimum Gasteiger partial charge on any atom is -0.466 e. The van der Waals surface area contributed by atoms with Gasteiger partial charge >= 0.3 is 17.9 Å². The quantitative estimate of drug-likeness (QED) is 0.459. The van der Waals surface area contributed by atoms with E-state index in [2.05, 4.69) is 0 Å². The molecule has 0 saturated carbocycles. The van der Waals surface area contributed by atoms with E-state index in [-0.39, 0.29) is 19.8 Å². The average molecular weight is 290 g/mol. The van der Waals surface area contributed by atoms with Crippen LogP contribution < -0.4 is 0 Å². The lowest BCUT2D eigenvalue weighted by Crippen LogP contribution is -2.46. The molecule has 0 aliphatic heterocycles. The lowest BCUT2D eigenvalue weighted by Gasteiger charge is -2.28. The molecule has 20 heavy (non-hydrogen) atoms. The standard InChI is InChI=1S/C13H22O7/c1-5-18-10(14)8-13(17-4,12(16)20-7-3)9-11(15)19-6-2/h5-9H2,1-4H3. The zero-order valence-electron chi connectivity index (χ0n) is 12.4. The van der Waals surface area contributed by atoms with Crippen molar-refractivity contribution in [3.05, 3.63) is 0 Å². The molecule has 0 bridgehead atoms. The minimum absolute atomic E-state index is 0.107. The van der Waals surface area contributed by atoms with Gasteiger partial charge in [-0.3, -0.25) is 9.59 Å². The van der Waals surface area contributed by atoms with Crippen LogP contribution in [0.15, 0.2) is 0 Å². The molecule has 0 N–H and O–H groups in total. The van der Waals surface area contributed by atoms with E-state index in [1.807, 2.05) is 0 Å². The molecule has 0 spiro atoms. The molecule has 0 aromatic heterocycles. The van der Waals surface area contributed by atoms with Gasteiger partial charge in [0.1, 0.15) is 0 Å². The molecule has 7 nitrogen and oxygen atoms in total. The highest BCUT2D eigenvalue weighted by atomic mass is 16.6. The summed E-state index contributed by atoms with van der Waals surface area (Å²) in [4.78, 5) is 35.2. The molecule has 0 aliphatic carbocycles. The Bertz CT molecular complexity index is 318. The van der Waals surface area contributed by atoms with Crippen LogP contribution in [0.3, 0.4) is 0 Å². The molecule has 0 rings (SSSR count). The van der Waals surface area contributed by atoms with E-state index in [1.54, 1.807) is 20.8 Å². The predicted molar refractivity (Wildman–Crippen MR) is 68.9 cm³/mol. The fourth-order valence-electron chi connectivity index (χ4n) is 1.59. The van der Waals surface area contributed by atoms with Gasteiger partial charge in [0.25, 0.3) is 0 Å². The normalized spacial score (nSPS) is 10.8. The highest BCUT2D eigenvalue weighted by molar-refractivity contribution is 5.90. The Morgan fingerprint density at radius 2 is 1.20 bits per heavy atom. The molecular weight excluding hydrogens is 268 g/mol. The van der Waals surface area contributed by atoms with Gasteiger partial charge in [0.05, 0.1) is 32.7 Å². The van der Waals surface area contributed by atoms with Gasteiger partial charge < -0.3 is 18.9 Å². The van der Waals surface area contributed by atoms with Crippen LogP contribution in [0.2, 0.25) is 0 Å². The van der Waals surface area contributed by atoms with E-state index in [9.17, 15) is 14.4 Å². The van der Waals surface area contributed by atoms with Crippen molar-refractivity contribution in [3.8, 4) is 0 Å². The highest BCUT2D eigenvalue weighted by Gasteiger charge is 2.45. The molecule has 7 heteroatoms. The third-order valence-corrected chi connectivity index (χ3v) is 2.51. The van der Waals surface area contributed by atoms with Crippen LogP contribution in [-0.4, -0.2) is 50.4 Å². The van der Waals surface area contributed by atoms with Crippen molar-refractivity contribution < 1.29 is 33.3 Å². The maximum atomic E-state index is 12.0. The number of hydrogen-bond acceptors (Lipinski definition) is 7. The van der Waals surface area contributed by atoms with Crippen LogP contribution in [0.1, 0.15) is 33.6 Å². The summed E-state index contributed by atoms with van der Waals surface area (Å²) in [5.74, 6) is -2.08. The second-order valence-electron chi connectivity index (χ2n) is 3.88. The largest absolute Gasteiger partial charge is 0.466 e. The van der Waals surface area contributed by atoms with E-state index < -0.39 is 36.4 Å². The van der Waals surface area contributed by atoms with E-state index in [1.165, 1.54) is 7.11 Å². The number of hydrogen-bond donors (Lipinski definition) is 0. The van der Waals surface area contributed by atoms with Crippen molar-refractivity contribution in [1.82, 2.24) is 0 Å². The van der Waals surface area contributed by atoms with E-state index in [0.29, 0.717) is 0 Å². The molecule has 0 unspecified atom stereocenters. The SMILES string of the molecule is CCOC(=O)CC(CC(=O)OCC)(OC)C(=O)OCC. The van der Waals surface area contributed by atoms with Crippen molar-refractivity contribution >= 4 is 17.9 Å². The second-order valence-corrected chi connectivity index (χ2v) is 3.88. The molecule has 0 heterocycles. The third kappa shape index (κ3) is 5.56. The van der Waals surface area contributed by atoms with E-state index in [0.717, 1.165) is 0 Å². The second kappa shape index (κ2) is 9.30. The van der Waals surface area contributed by atoms with Crippen LogP contribution in [-0.2, 0) is 33.3 Å². The number of methoxy groups -OCH3 is 1. The molecule has 0 saturated heterocycles. The lowest BCUT2D eigenvalue weighted by molar-refractivity contribution is -0.181. The van der Waals surface area contributed by atoms with Gasteiger partial charge in [-0.2, -0.15) is 0 Å². The van der Waals surface area contributed by atoms with Crippen molar-refractivity contribution in [3.63, 3.8) is 0 Å². The maximum absolute atomic E-state index is 12.0. The summed E-state index contributed by atoms with van der Waals surface area (Å²) >= 11 is 0. The first-order valence-corrected chi connectivity index (χ1v) is 6.49. The third-order valence-electron chi connectivity index (χ3n) is 2.51. The van der Waals surface area contributed by atoms with Gasteiger partial charge in [-0.15, -0.1) is 0 Å². The monoisotopic (exact) mass is 290 g/mol. The van der Waals surface area contributed by atoms with Gasteiger partial charge in [0, 0.05) is 7.11 Å². The summed E-state index contributed by atoms with van der Waals surface area (Å²) in [6, 6.07) is 0. The average Bonchev–Trinajstić information content (AvgIpc) is 2.38. The topological polar surface area (TPSA) is 88.1 Å². The van der Waals surface area contributed by atoms with E-state index in [4.69, 9.17) is 18.9 Å². The number of carbonyl (C=O) groups is 3. The molecule has 0 amide bonds. The van der Waals surface area contributed by atoms with Crippen LogP contribution in [0.25, 0.3) is 0 Å². The van der Waals surface area contributed by atoms with Gasteiger partial charge in [0.15, 0.2) is 5.60 Å². The highest BCUT2D eigenvalue weighted by Crippen LogP contribution is 2.24. The Labute approximate surface area is 118 Å². The van der Waals surface area contributed by atoms with Crippen molar-refractivity contribution in [2.75, 3.05) is 26.9 Å². The van der Waals surface area contributed by atoms with Crippen LogP contribution >= 0.6 is 0 Å². The van der Waals surface area contributed by atoms with Gasteiger partial charge in [-0.25, -0.2) is 4.79 Å². The van der Waals surface area contributed by atoms with Crippen molar-refractivity contribution in [1.29, 1.82) is 0 Å². The smallest absolute Gasteiger partial charge is 0.339 e. The number of esters is 3. The summed E-state index contributed by atoms with van der Waals surface area (Å²) in [7, 11) is 1.23. The maximum Gasteiger partial charge on any atom is 0.339 e. The van der Waals surface area contributed by atoms with E-state index >= 15 is 0 Å². The first-order valence-electron chi connectivity index (χ1n) is 6.49. The first-order chi connectivity index (χ1) is 9.45. The number of carbonyl (C=O) groups excluding carboxylic acids is 3. The molecule has 0 aliphatic rings. The van der Waals surface area contributed by atoms with Crippen molar-refractivity contribution in [2.24, 2.45) is 0 Å². The van der Waals surface area contributed by atoms with Crippen LogP contribution in [0.4, 0.5) is 0 Å². The fourth-order valence-corrected chi connectivity index (χ4v) is 1.59. The summed E-state index contributed by atoms with van der Waals surface area (Å²) in [5, 5.41) is 0. The Hall–Kier alpha value is -1.63. The molecule has 0 atom stereocenters. The van der Waals surface area contributed by atoms with Gasteiger partial charge in [0.2, 0.25) is 0 Å². The van der Waals surface area contributed by atoms with Gasteiger partial charge in [-0.1, -0.05) is 0 Å². The zero-order valence-corrected chi connectivity index (χ0v) is 12.4. The minimum atomic E-state index is -1.71. The Kier molecular flexibility index (Phi) is 8.54. The summed E-state index contributed by atoms with van der Waals surface area (Å²) in [6.07, 6.45) is -0.816. The Balaban J connectivity index is 5.10. The first kappa shape index (κ1) is 18.4. The zero-order chi connectivity index (χ0) is 15.6. The predicted octanol–water partition coefficient (Wildman–Crippen LogP) is 0.841. The van der Waals surface area contributed by atoms with Crippen LogP contribution in [0.5, 0.6) is 0 Å². The number of rotatable bonds is 9. The lowest BCUT2D eigenvalue weighted by atomic mass is 9.95. The molecular formula is C13H22O7. The summed E-state index contributed by atoms with van der Waals surface area (Å²) < 4.78 is 19.6. The molecule has 0 aromatic carbocycles. The van der Waals surface area contributed by atoms with Crippen molar-refractivity contribution in [2.45, 2.75) is 39.2 Å². The fraction of sp³-hybridized carbons (Fsp3) is 0.769. The molecule has 0 radical (unpaired) electrons.